The van der Waals surface area contributed by atoms with E-state index in [0.29, 0.717) is 6.61 Å². The molecule has 0 saturated carbocycles. The Morgan fingerprint density at radius 3 is 1.89 bits per heavy atom. The first kappa shape index (κ1) is 25.0. The van der Waals surface area contributed by atoms with E-state index in [4.69, 9.17) is 4.74 Å². The number of aromatic nitrogens is 4. The number of para-hydroxylation sites is 1. The van der Waals surface area contributed by atoms with Crippen molar-refractivity contribution in [3.8, 4) is 50.8 Å². The number of aromatic amines is 2. The minimum atomic E-state index is 0.620. The van der Waals surface area contributed by atoms with Gasteiger partial charge in [-0.05, 0) is 49.2 Å². The van der Waals surface area contributed by atoms with Gasteiger partial charge in [-0.2, -0.15) is 10.2 Å². The first-order valence-electron chi connectivity index (χ1n) is 12.8. The number of H-pyrrole nitrogens is 2. The Balaban J connectivity index is 0.00000148. The summed E-state index contributed by atoms with van der Waals surface area (Å²) in [5.74, 6) is 0.848. The lowest BCUT2D eigenvalue weighted by Gasteiger charge is -2.07. The summed E-state index contributed by atoms with van der Waals surface area (Å²) in [6.45, 7) is 8.81. The maximum atomic E-state index is 5.79. The summed E-state index contributed by atoms with van der Waals surface area (Å²) in [6.07, 6.45) is 2.16. The van der Waals surface area contributed by atoms with Crippen LogP contribution in [-0.2, 0) is 6.42 Å². The molecule has 0 fully saturated rings. The zero-order valence-electron chi connectivity index (χ0n) is 21.5. The van der Waals surface area contributed by atoms with E-state index in [0.717, 1.165) is 58.1 Å². The number of aryl methyl sites for hydroxylation is 1. The Labute approximate surface area is 213 Å². The fraction of sp³-hybridized carbons (Fsp3) is 0.226. The minimum Gasteiger partial charge on any atom is -0.493 e. The summed E-state index contributed by atoms with van der Waals surface area (Å²) in [5.41, 5.74) is 9.40. The molecule has 5 rings (SSSR count). The van der Waals surface area contributed by atoms with Crippen LogP contribution >= 0.6 is 0 Å². The predicted molar refractivity (Wildman–Crippen MR) is 149 cm³/mol. The Hall–Kier alpha value is -4.12. The number of hydrogen-bond acceptors (Lipinski definition) is 3. The SMILES string of the molecule is CC.CCCc1ccccc1-c1cc(-c2cccc(-c3cc(-c4ccccc4OCC)[nH]n3)c2)n[nH]1. The number of rotatable bonds is 8. The van der Waals surface area contributed by atoms with Crippen LogP contribution in [0.2, 0.25) is 0 Å². The fourth-order valence-electron chi connectivity index (χ4n) is 4.29. The minimum absolute atomic E-state index is 0.620. The van der Waals surface area contributed by atoms with Crippen molar-refractivity contribution in [1.82, 2.24) is 20.4 Å². The Morgan fingerprint density at radius 2 is 1.25 bits per heavy atom. The van der Waals surface area contributed by atoms with Gasteiger partial charge in [0, 0.05) is 22.3 Å². The second-order valence-corrected chi connectivity index (χ2v) is 8.25. The van der Waals surface area contributed by atoms with Crippen LogP contribution in [0.15, 0.2) is 84.9 Å². The van der Waals surface area contributed by atoms with Crippen LogP contribution in [0.3, 0.4) is 0 Å². The van der Waals surface area contributed by atoms with Crippen LogP contribution in [0.25, 0.3) is 45.0 Å². The molecule has 5 aromatic rings. The van der Waals surface area contributed by atoms with Crippen LogP contribution in [0.4, 0.5) is 0 Å². The molecule has 5 heteroatoms. The lowest BCUT2D eigenvalue weighted by Crippen LogP contribution is -1.93. The van der Waals surface area contributed by atoms with Crippen molar-refractivity contribution < 1.29 is 4.74 Å². The quantitative estimate of drug-likeness (QED) is 0.236. The smallest absolute Gasteiger partial charge is 0.128 e. The van der Waals surface area contributed by atoms with E-state index in [-0.39, 0.29) is 0 Å². The summed E-state index contributed by atoms with van der Waals surface area (Å²) >= 11 is 0. The highest BCUT2D eigenvalue weighted by molar-refractivity contribution is 5.76. The van der Waals surface area contributed by atoms with E-state index in [9.17, 15) is 0 Å². The maximum absolute atomic E-state index is 5.79. The van der Waals surface area contributed by atoms with Crippen molar-refractivity contribution in [2.75, 3.05) is 6.61 Å². The van der Waals surface area contributed by atoms with Crippen molar-refractivity contribution in [3.63, 3.8) is 0 Å². The first-order valence-corrected chi connectivity index (χ1v) is 12.8. The van der Waals surface area contributed by atoms with Crippen LogP contribution < -0.4 is 4.74 Å². The second kappa shape index (κ2) is 12.0. The topological polar surface area (TPSA) is 66.6 Å². The molecule has 0 amide bonds. The molecule has 0 aliphatic rings. The van der Waals surface area contributed by atoms with Gasteiger partial charge < -0.3 is 4.74 Å². The molecule has 184 valence electrons. The first-order chi connectivity index (χ1) is 17.8. The largest absolute Gasteiger partial charge is 0.493 e. The van der Waals surface area contributed by atoms with E-state index < -0.39 is 0 Å². The van der Waals surface area contributed by atoms with Crippen molar-refractivity contribution >= 4 is 0 Å². The highest BCUT2D eigenvalue weighted by atomic mass is 16.5. The van der Waals surface area contributed by atoms with Crippen molar-refractivity contribution in [2.45, 2.75) is 40.5 Å². The Kier molecular flexibility index (Phi) is 8.35. The average Bonchev–Trinajstić information content (AvgIpc) is 3.62. The monoisotopic (exact) mass is 478 g/mol. The normalized spacial score (nSPS) is 10.6. The molecule has 2 heterocycles. The summed E-state index contributed by atoms with van der Waals surface area (Å²) in [6, 6.07) is 29.1. The van der Waals surface area contributed by atoms with Crippen molar-refractivity contribution in [3.05, 3.63) is 90.5 Å². The zero-order chi connectivity index (χ0) is 25.3. The average molecular weight is 479 g/mol. The molecular formula is C31H34N4O. The van der Waals surface area contributed by atoms with E-state index in [2.05, 4.69) is 81.9 Å². The third-order valence-electron chi connectivity index (χ3n) is 5.91. The molecule has 0 atom stereocenters. The number of ether oxygens (including phenoxy) is 1. The van der Waals surface area contributed by atoms with Crippen LogP contribution in [-0.4, -0.2) is 27.0 Å². The molecule has 0 radical (unpaired) electrons. The fourth-order valence-corrected chi connectivity index (χ4v) is 4.29. The molecule has 0 unspecified atom stereocenters. The van der Waals surface area contributed by atoms with Gasteiger partial charge in [0.05, 0.1) is 29.4 Å². The Morgan fingerprint density at radius 1 is 0.667 bits per heavy atom. The maximum Gasteiger partial charge on any atom is 0.128 e. The van der Waals surface area contributed by atoms with Gasteiger partial charge in [0.1, 0.15) is 5.75 Å². The van der Waals surface area contributed by atoms with Crippen LogP contribution in [0.1, 0.15) is 39.7 Å². The van der Waals surface area contributed by atoms with Gasteiger partial charge in [0.2, 0.25) is 0 Å². The molecule has 3 aromatic carbocycles. The summed E-state index contributed by atoms with van der Waals surface area (Å²) < 4.78 is 5.79. The van der Waals surface area contributed by atoms with Gasteiger partial charge in [-0.15, -0.1) is 0 Å². The molecular weight excluding hydrogens is 444 g/mol. The number of nitrogens with zero attached hydrogens (tertiary/aromatic N) is 2. The van der Waals surface area contributed by atoms with Crippen molar-refractivity contribution in [2.24, 2.45) is 0 Å². The van der Waals surface area contributed by atoms with Gasteiger partial charge in [-0.3, -0.25) is 10.2 Å². The third-order valence-corrected chi connectivity index (χ3v) is 5.91. The van der Waals surface area contributed by atoms with E-state index >= 15 is 0 Å². The van der Waals surface area contributed by atoms with Crippen LogP contribution in [0, 0.1) is 0 Å². The molecule has 0 aliphatic carbocycles. The molecule has 0 aliphatic heterocycles. The third kappa shape index (κ3) is 5.41. The van der Waals surface area contributed by atoms with E-state index in [1.807, 2.05) is 51.1 Å². The lowest BCUT2D eigenvalue weighted by atomic mass is 10.00. The summed E-state index contributed by atoms with van der Waals surface area (Å²) in [5, 5.41) is 15.6. The number of hydrogen-bond donors (Lipinski definition) is 2. The van der Waals surface area contributed by atoms with Gasteiger partial charge in [-0.25, -0.2) is 0 Å². The van der Waals surface area contributed by atoms with E-state index in [1.54, 1.807) is 0 Å². The molecule has 0 saturated heterocycles. The number of benzene rings is 3. The molecule has 0 spiro atoms. The van der Waals surface area contributed by atoms with Gasteiger partial charge in [0.15, 0.2) is 0 Å². The lowest BCUT2D eigenvalue weighted by molar-refractivity contribution is 0.341. The second-order valence-electron chi connectivity index (χ2n) is 8.25. The predicted octanol–water partition coefficient (Wildman–Crippen LogP) is 8.18. The molecule has 2 aromatic heterocycles. The molecule has 5 nitrogen and oxygen atoms in total. The van der Waals surface area contributed by atoms with Gasteiger partial charge in [-0.1, -0.05) is 81.8 Å². The Bertz CT molecular complexity index is 1300. The van der Waals surface area contributed by atoms with Gasteiger partial charge >= 0.3 is 0 Å². The van der Waals surface area contributed by atoms with Crippen molar-refractivity contribution in [1.29, 1.82) is 0 Å². The summed E-state index contributed by atoms with van der Waals surface area (Å²) in [4.78, 5) is 0. The number of nitrogens with one attached hydrogen (secondary N) is 2. The molecule has 2 N–H and O–H groups in total. The van der Waals surface area contributed by atoms with E-state index in [1.165, 1.54) is 11.1 Å². The zero-order valence-corrected chi connectivity index (χ0v) is 21.5. The summed E-state index contributed by atoms with van der Waals surface area (Å²) in [7, 11) is 0. The molecule has 0 bridgehead atoms. The standard InChI is InChI=1S/C29H28N4O.C2H6/c1-3-10-20-11-5-6-14-23(20)27-18-25(30-32-27)21-12-9-13-22(17-21)26-19-28(33-31-26)24-15-7-8-16-29(24)34-4-2;1-2/h5-9,11-19H,3-4,10H2,1-2H3,(H,30,32)(H,31,33);1-2H3. The highest BCUT2D eigenvalue weighted by Crippen LogP contribution is 2.33. The van der Waals surface area contributed by atoms with Crippen LogP contribution in [0.5, 0.6) is 5.75 Å². The van der Waals surface area contributed by atoms with Gasteiger partial charge in [0.25, 0.3) is 0 Å². The highest BCUT2D eigenvalue weighted by Gasteiger charge is 2.13. The molecule has 36 heavy (non-hydrogen) atoms.